The Hall–Kier alpha value is -2.54. The molecule has 32 heavy (non-hydrogen) atoms. The van der Waals surface area contributed by atoms with Crippen LogP contribution in [0.1, 0.15) is 23.7 Å². The maximum atomic E-state index is 13.1. The fraction of sp³-hybridized carbons (Fsp3) is 0.421. The quantitative estimate of drug-likeness (QED) is 0.479. The normalized spacial score (nSPS) is 14.8. The van der Waals surface area contributed by atoms with E-state index in [1.54, 1.807) is 17.2 Å². The van der Waals surface area contributed by atoms with E-state index < -0.39 is 12.3 Å². The summed E-state index contributed by atoms with van der Waals surface area (Å²) in [5.41, 5.74) is 0.541. The number of halogens is 3. The lowest BCUT2D eigenvalue weighted by Crippen LogP contribution is -2.39. The minimum atomic E-state index is -2.85. The fourth-order valence-corrected chi connectivity index (χ4v) is 4.12. The number of ether oxygens (including phenoxy) is 1. The van der Waals surface area contributed by atoms with Crippen molar-refractivity contribution in [2.24, 2.45) is 0 Å². The van der Waals surface area contributed by atoms with Crippen molar-refractivity contribution in [3.8, 4) is 10.8 Å². The van der Waals surface area contributed by atoms with E-state index in [-0.39, 0.29) is 18.3 Å². The third-order valence-corrected chi connectivity index (χ3v) is 5.91. The fourth-order valence-electron chi connectivity index (χ4n) is 3.13. The van der Waals surface area contributed by atoms with Crippen molar-refractivity contribution in [3.63, 3.8) is 0 Å². The van der Waals surface area contributed by atoms with Gasteiger partial charge in [-0.3, -0.25) is 14.7 Å². The number of rotatable bonds is 8. The number of nitrogens with zero attached hydrogens (tertiary/aromatic N) is 6. The molecule has 0 spiro atoms. The van der Waals surface area contributed by atoms with Crippen LogP contribution >= 0.6 is 22.9 Å². The number of pyridine rings is 1. The predicted octanol–water partition coefficient (Wildman–Crippen LogP) is 3.43. The first-order valence-electron chi connectivity index (χ1n) is 9.77. The molecule has 13 heteroatoms. The number of carbonyl (C=O) groups is 1. The minimum absolute atomic E-state index is 0.0429. The summed E-state index contributed by atoms with van der Waals surface area (Å²) in [6.45, 7) is 3.64. The van der Waals surface area contributed by atoms with Crippen LogP contribution in [0.5, 0.6) is 0 Å². The number of hydrogen-bond donors (Lipinski definition) is 0. The van der Waals surface area contributed by atoms with E-state index in [9.17, 15) is 13.6 Å². The molecule has 1 fully saturated rings. The van der Waals surface area contributed by atoms with E-state index in [0.717, 1.165) is 13.1 Å². The Bertz CT molecular complexity index is 1060. The highest BCUT2D eigenvalue weighted by atomic mass is 35.5. The van der Waals surface area contributed by atoms with Crippen molar-refractivity contribution in [1.82, 2.24) is 25.1 Å². The first kappa shape index (κ1) is 22.6. The van der Waals surface area contributed by atoms with Gasteiger partial charge in [0.15, 0.2) is 0 Å². The van der Waals surface area contributed by atoms with Crippen molar-refractivity contribution >= 4 is 34.5 Å². The Kier molecular flexibility index (Phi) is 7.35. The third-order valence-electron chi connectivity index (χ3n) is 4.73. The molecule has 0 saturated carbocycles. The number of morpholine rings is 1. The van der Waals surface area contributed by atoms with Crippen LogP contribution in [0.2, 0.25) is 5.02 Å². The van der Waals surface area contributed by atoms with Crippen LogP contribution in [0.3, 0.4) is 0 Å². The Morgan fingerprint density at radius 1 is 1.25 bits per heavy atom. The molecule has 1 amide bonds. The van der Waals surface area contributed by atoms with E-state index in [2.05, 4.69) is 25.1 Å². The van der Waals surface area contributed by atoms with Gasteiger partial charge in [0.2, 0.25) is 5.91 Å². The molecular weight excluding hydrogens is 466 g/mol. The number of carbonyl (C=O) groups excluding carboxylic acids is 1. The molecular formula is C19H19ClF2N6O3S. The summed E-state index contributed by atoms with van der Waals surface area (Å²) in [7, 11) is 0. The van der Waals surface area contributed by atoms with Crippen molar-refractivity contribution in [1.29, 1.82) is 0 Å². The first-order chi connectivity index (χ1) is 15.5. The standard InChI is InChI=1S/C19H19ClF2N6O3S/c20-12-7-13(9-23-8-12)28(16(29)1-2-27-3-5-30-6-4-27)11-15-24-10-14(32-15)18-25-26-19(31-18)17(21)22/h7-10,17H,1-6,11H2. The lowest BCUT2D eigenvalue weighted by Gasteiger charge is -2.28. The van der Waals surface area contributed by atoms with Gasteiger partial charge in [-0.15, -0.1) is 21.5 Å². The Balaban J connectivity index is 1.50. The van der Waals surface area contributed by atoms with Crippen molar-refractivity contribution < 1.29 is 22.7 Å². The zero-order chi connectivity index (χ0) is 22.5. The highest BCUT2D eigenvalue weighted by Crippen LogP contribution is 2.29. The molecule has 3 aromatic heterocycles. The van der Waals surface area contributed by atoms with Crippen molar-refractivity contribution in [2.75, 3.05) is 37.7 Å². The molecule has 0 N–H and O–H groups in total. The van der Waals surface area contributed by atoms with Gasteiger partial charge in [-0.05, 0) is 6.07 Å². The van der Waals surface area contributed by atoms with Crippen molar-refractivity contribution in [2.45, 2.75) is 19.4 Å². The lowest BCUT2D eigenvalue weighted by atomic mass is 10.2. The second-order valence-electron chi connectivity index (χ2n) is 6.91. The second-order valence-corrected chi connectivity index (χ2v) is 8.46. The SMILES string of the molecule is O=C(CCN1CCOCC1)N(Cc1ncc(-c2nnc(C(F)F)o2)s1)c1cncc(Cl)c1. The maximum Gasteiger partial charge on any atom is 0.314 e. The van der Waals surface area contributed by atoms with Gasteiger partial charge in [0.1, 0.15) is 9.88 Å². The number of hydrogen-bond acceptors (Lipinski definition) is 9. The van der Waals surface area contributed by atoms with E-state index in [1.165, 1.54) is 23.7 Å². The average Bonchev–Trinajstić information content (AvgIpc) is 3.46. The van der Waals surface area contributed by atoms with Crippen LogP contribution in [0.15, 0.2) is 29.1 Å². The zero-order valence-corrected chi connectivity index (χ0v) is 18.4. The molecule has 0 unspecified atom stereocenters. The van der Waals surface area contributed by atoms with Crippen LogP contribution in [0.4, 0.5) is 14.5 Å². The topological polar surface area (TPSA) is 97.5 Å². The highest BCUT2D eigenvalue weighted by molar-refractivity contribution is 7.15. The zero-order valence-electron chi connectivity index (χ0n) is 16.8. The van der Waals surface area contributed by atoms with E-state index in [4.69, 9.17) is 20.8 Å². The molecule has 0 aromatic carbocycles. The number of alkyl halides is 2. The first-order valence-corrected chi connectivity index (χ1v) is 11.0. The number of anilines is 1. The number of aromatic nitrogens is 4. The molecule has 4 rings (SSSR count). The monoisotopic (exact) mass is 484 g/mol. The van der Waals surface area contributed by atoms with Crippen LogP contribution in [-0.4, -0.2) is 63.8 Å². The van der Waals surface area contributed by atoms with Gasteiger partial charge in [-0.2, -0.15) is 8.78 Å². The van der Waals surface area contributed by atoms with Crippen LogP contribution in [-0.2, 0) is 16.1 Å². The summed E-state index contributed by atoms with van der Waals surface area (Å²) in [6, 6.07) is 1.66. The van der Waals surface area contributed by atoms with E-state index >= 15 is 0 Å². The molecule has 9 nitrogen and oxygen atoms in total. The van der Waals surface area contributed by atoms with Crippen LogP contribution in [0, 0.1) is 0 Å². The highest BCUT2D eigenvalue weighted by Gasteiger charge is 2.22. The Morgan fingerprint density at radius 3 is 2.78 bits per heavy atom. The minimum Gasteiger partial charge on any atom is -0.414 e. The summed E-state index contributed by atoms with van der Waals surface area (Å²) in [4.78, 5) is 25.6. The smallest absolute Gasteiger partial charge is 0.314 e. The summed E-state index contributed by atoms with van der Waals surface area (Å²) in [5, 5.41) is 7.93. The average molecular weight is 485 g/mol. The van der Waals surface area contributed by atoms with Gasteiger partial charge in [0, 0.05) is 32.3 Å². The van der Waals surface area contributed by atoms with Crippen molar-refractivity contribution in [3.05, 3.63) is 40.6 Å². The summed E-state index contributed by atoms with van der Waals surface area (Å²) in [5.74, 6) is -0.909. The van der Waals surface area contributed by atoms with E-state index in [1.807, 2.05) is 0 Å². The molecule has 4 heterocycles. The maximum absolute atomic E-state index is 13.1. The molecule has 170 valence electrons. The molecule has 0 aliphatic carbocycles. The summed E-state index contributed by atoms with van der Waals surface area (Å²) in [6.07, 6.45) is 1.94. The molecule has 0 atom stereocenters. The Morgan fingerprint density at radius 2 is 2.06 bits per heavy atom. The molecule has 1 aliphatic heterocycles. The third kappa shape index (κ3) is 5.63. The largest absolute Gasteiger partial charge is 0.414 e. The van der Waals surface area contributed by atoms with Gasteiger partial charge in [-0.1, -0.05) is 11.6 Å². The van der Waals surface area contributed by atoms with Gasteiger partial charge >= 0.3 is 6.43 Å². The van der Waals surface area contributed by atoms with Gasteiger partial charge in [0.25, 0.3) is 11.8 Å². The van der Waals surface area contributed by atoms with Crippen LogP contribution < -0.4 is 4.90 Å². The predicted molar refractivity (Wildman–Crippen MR) is 113 cm³/mol. The van der Waals surface area contributed by atoms with Gasteiger partial charge in [0.05, 0.1) is 42.9 Å². The summed E-state index contributed by atoms with van der Waals surface area (Å²) < 4.78 is 35.7. The number of amides is 1. The lowest BCUT2D eigenvalue weighted by molar-refractivity contribution is -0.119. The van der Waals surface area contributed by atoms with E-state index in [0.29, 0.717) is 46.8 Å². The molecule has 1 aliphatic rings. The molecule has 1 saturated heterocycles. The summed E-state index contributed by atoms with van der Waals surface area (Å²) >= 11 is 7.26. The molecule has 0 bridgehead atoms. The van der Waals surface area contributed by atoms with Crippen LogP contribution in [0.25, 0.3) is 10.8 Å². The number of thiazole rings is 1. The van der Waals surface area contributed by atoms with Gasteiger partial charge < -0.3 is 14.1 Å². The molecule has 0 radical (unpaired) electrons. The van der Waals surface area contributed by atoms with Gasteiger partial charge in [-0.25, -0.2) is 4.98 Å². The molecule has 3 aromatic rings. The Labute approximate surface area is 191 Å². The second kappa shape index (κ2) is 10.4.